The molecule has 0 heterocycles. The number of nitro benzene ring substituents is 1. The molecule has 2 rings (SSSR count). The molecule has 96 valence electrons. The van der Waals surface area contributed by atoms with Crippen LogP contribution in [0.4, 0.5) is 14.5 Å². The second-order valence-electron chi connectivity index (χ2n) is 3.77. The maximum atomic E-state index is 13.6. The molecule has 0 amide bonds. The molecule has 0 N–H and O–H groups in total. The van der Waals surface area contributed by atoms with Crippen LogP contribution in [0.25, 0.3) is 11.1 Å². The largest absolute Gasteiger partial charge is 0.298 e. The van der Waals surface area contributed by atoms with E-state index in [4.69, 9.17) is 0 Å². The van der Waals surface area contributed by atoms with Crippen molar-refractivity contribution in [3.05, 3.63) is 63.7 Å². The van der Waals surface area contributed by atoms with Gasteiger partial charge in [-0.05, 0) is 35.9 Å². The highest BCUT2D eigenvalue weighted by Gasteiger charge is 2.15. The fourth-order valence-corrected chi connectivity index (χ4v) is 1.70. The number of carbonyl (C=O) groups excluding carboxylic acids is 1. The zero-order chi connectivity index (χ0) is 14.0. The minimum absolute atomic E-state index is 0.0574. The van der Waals surface area contributed by atoms with Crippen molar-refractivity contribution >= 4 is 12.0 Å². The Morgan fingerprint density at radius 2 is 1.84 bits per heavy atom. The normalized spacial score (nSPS) is 10.2. The van der Waals surface area contributed by atoms with Gasteiger partial charge in [-0.3, -0.25) is 14.9 Å². The van der Waals surface area contributed by atoms with Gasteiger partial charge in [0.2, 0.25) is 0 Å². The Hall–Kier alpha value is -2.63. The van der Waals surface area contributed by atoms with Crippen LogP contribution in [0.15, 0.2) is 36.4 Å². The van der Waals surface area contributed by atoms with Crippen LogP contribution in [-0.2, 0) is 0 Å². The van der Waals surface area contributed by atoms with Crippen LogP contribution in [-0.4, -0.2) is 11.2 Å². The Morgan fingerprint density at radius 3 is 2.47 bits per heavy atom. The van der Waals surface area contributed by atoms with Crippen LogP contribution in [0.5, 0.6) is 0 Å². The van der Waals surface area contributed by atoms with Crippen molar-refractivity contribution in [3.63, 3.8) is 0 Å². The van der Waals surface area contributed by atoms with E-state index in [2.05, 4.69) is 0 Å². The summed E-state index contributed by atoms with van der Waals surface area (Å²) in [4.78, 5) is 20.7. The first-order valence-corrected chi connectivity index (χ1v) is 5.22. The molecule has 0 aliphatic carbocycles. The highest BCUT2D eigenvalue weighted by atomic mass is 19.1. The molecule has 0 saturated heterocycles. The fourth-order valence-electron chi connectivity index (χ4n) is 1.70. The van der Waals surface area contributed by atoms with E-state index in [0.717, 1.165) is 30.3 Å². The average molecular weight is 263 g/mol. The summed E-state index contributed by atoms with van der Waals surface area (Å²) in [5.74, 6) is -1.31. The number of nitrogens with zero attached hydrogens (tertiary/aromatic N) is 1. The van der Waals surface area contributed by atoms with E-state index in [1.807, 2.05) is 0 Å². The molecule has 6 heteroatoms. The maximum absolute atomic E-state index is 13.6. The number of hydrogen-bond acceptors (Lipinski definition) is 3. The van der Waals surface area contributed by atoms with Gasteiger partial charge in [0.25, 0.3) is 5.69 Å². The zero-order valence-corrected chi connectivity index (χ0v) is 9.47. The second-order valence-corrected chi connectivity index (χ2v) is 3.77. The van der Waals surface area contributed by atoms with E-state index >= 15 is 0 Å². The third-order valence-electron chi connectivity index (χ3n) is 2.59. The molecule has 0 fully saturated rings. The third kappa shape index (κ3) is 2.47. The topological polar surface area (TPSA) is 60.2 Å². The lowest BCUT2D eigenvalue weighted by molar-refractivity contribution is -0.385. The highest BCUT2D eigenvalue weighted by Crippen LogP contribution is 2.28. The van der Waals surface area contributed by atoms with Gasteiger partial charge in [0.1, 0.15) is 11.6 Å². The number of nitro groups is 1. The van der Waals surface area contributed by atoms with Crippen molar-refractivity contribution in [2.24, 2.45) is 0 Å². The van der Waals surface area contributed by atoms with Gasteiger partial charge >= 0.3 is 0 Å². The van der Waals surface area contributed by atoms with Crippen molar-refractivity contribution < 1.29 is 18.5 Å². The minimum Gasteiger partial charge on any atom is -0.298 e. The molecule has 19 heavy (non-hydrogen) atoms. The van der Waals surface area contributed by atoms with E-state index < -0.39 is 16.6 Å². The van der Waals surface area contributed by atoms with Gasteiger partial charge in [0.15, 0.2) is 6.29 Å². The Labute approximate surface area is 106 Å². The van der Waals surface area contributed by atoms with Crippen molar-refractivity contribution in [2.45, 2.75) is 0 Å². The third-order valence-corrected chi connectivity index (χ3v) is 2.59. The molecule has 0 aromatic heterocycles. The molecule has 0 spiro atoms. The molecule has 0 aliphatic heterocycles. The molecule has 0 saturated carbocycles. The average Bonchev–Trinajstić information content (AvgIpc) is 2.40. The number of halogens is 2. The first kappa shape index (κ1) is 12.8. The summed E-state index contributed by atoms with van der Waals surface area (Å²) in [6.45, 7) is 0. The predicted octanol–water partition coefficient (Wildman–Crippen LogP) is 3.35. The van der Waals surface area contributed by atoms with E-state index in [1.54, 1.807) is 0 Å². The van der Waals surface area contributed by atoms with Crippen molar-refractivity contribution in [1.29, 1.82) is 0 Å². The Kier molecular flexibility index (Phi) is 3.33. The quantitative estimate of drug-likeness (QED) is 0.484. The number of hydrogen-bond donors (Lipinski definition) is 0. The van der Waals surface area contributed by atoms with Crippen LogP contribution < -0.4 is 0 Å². The van der Waals surface area contributed by atoms with Gasteiger partial charge in [-0.25, -0.2) is 8.78 Å². The maximum Gasteiger partial charge on any atom is 0.279 e. The van der Waals surface area contributed by atoms with E-state index in [-0.39, 0.29) is 22.4 Å². The van der Waals surface area contributed by atoms with Gasteiger partial charge in [0.05, 0.1) is 10.5 Å². The van der Waals surface area contributed by atoms with Gasteiger partial charge in [-0.15, -0.1) is 0 Å². The lowest BCUT2D eigenvalue weighted by Crippen LogP contribution is -1.95. The minimum atomic E-state index is -0.713. The lowest BCUT2D eigenvalue weighted by atomic mass is 10.0. The van der Waals surface area contributed by atoms with E-state index in [9.17, 15) is 23.7 Å². The number of benzene rings is 2. The number of aldehydes is 1. The molecule has 0 aliphatic rings. The fraction of sp³-hybridized carbons (Fsp3) is 0. The summed E-state index contributed by atoms with van der Waals surface area (Å²) in [6, 6.07) is 6.39. The van der Waals surface area contributed by atoms with Gasteiger partial charge in [0, 0.05) is 11.6 Å². The number of carbonyl (C=O) groups is 1. The molecule has 2 aromatic rings. The standard InChI is InChI=1S/C13H7F2NO3/c14-10-2-3-12(15)11(6-10)8-1-4-13(16(18)19)9(5-8)7-17/h1-7H. The molecule has 0 bridgehead atoms. The summed E-state index contributed by atoms with van der Waals surface area (Å²) < 4.78 is 26.6. The predicted molar refractivity (Wildman–Crippen MR) is 63.8 cm³/mol. The Morgan fingerprint density at radius 1 is 1.11 bits per heavy atom. The first-order chi connectivity index (χ1) is 9.02. The van der Waals surface area contributed by atoms with Crippen LogP contribution in [0.3, 0.4) is 0 Å². The molecular weight excluding hydrogens is 256 g/mol. The van der Waals surface area contributed by atoms with Crippen LogP contribution in [0.1, 0.15) is 10.4 Å². The Balaban J connectivity index is 2.61. The SMILES string of the molecule is O=Cc1cc(-c2cc(F)ccc2F)ccc1[N+](=O)[O-]. The van der Waals surface area contributed by atoms with Crippen LogP contribution >= 0.6 is 0 Å². The number of rotatable bonds is 3. The molecule has 4 nitrogen and oxygen atoms in total. The summed E-state index contributed by atoms with van der Waals surface area (Å²) >= 11 is 0. The highest BCUT2D eigenvalue weighted by molar-refractivity contribution is 5.84. The van der Waals surface area contributed by atoms with Gasteiger partial charge in [-0.1, -0.05) is 0 Å². The van der Waals surface area contributed by atoms with Crippen LogP contribution in [0.2, 0.25) is 0 Å². The molecule has 0 unspecified atom stereocenters. The van der Waals surface area contributed by atoms with E-state index in [0.29, 0.717) is 6.29 Å². The Bertz CT molecular complexity index is 671. The van der Waals surface area contributed by atoms with Crippen molar-refractivity contribution in [2.75, 3.05) is 0 Å². The molecular formula is C13H7F2NO3. The summed E-state index contributed by atoms with van der Waals surface area (Å²) in [6.07, 6.45) is 0.304. The summed E-state index contributed by atoms with van der Waals surface area (Å²) in [5, 5.41) is 10.7. The van der Waals surface area contributed by atoms with Crippen molar-refractivity contribution in [1.82, 2.24) is 0 Å². The van der Waals surface area contributed by atoms with Gasteiger partial charge < -0.3 is 0 Å². The summed E-state index contributed by atoms with van der Waals surface area (Å²) in [7, 11) is 0. The molecule has 0 atom stereocenters. The second kappa shape index (κ2) is 4.93. The first-order valence-electron chi connectivity index (χ1n) is 5.22. The lowest BCUT2D eigenvalue weighted by Gasteiger charge is -2.05. The smallest absolute Gasteiger partial charge is 0.279 e. The monoisotopic (exact) mass is 263 g/mol. The zero-order valence-electron chi connectivity index (χ0n) is 9.47. The molecule has 2 aromatic carbocycles. The van der Waals surface area contributed by atoms with E-state index in [1.165, 1.54) is 6.07 Å². The van der Waals surface area contributed by atoms with Crippen LogP contribution in [0, 0.1) is 21.7 Å². The molecule has 0 radical (unpaired) electrons. The van der Waals surface area contributed by atoms with Crippen molar-refractivity contribution in [3.8, 4) is 11.1 Å². The van der Waals surface area contributed by atoms with Gasteiger partial charge in [-0.2, -0.15) is 0 Å². The summed E-state index contributed by atoms with van der Waals surface area (Å²) in [5.41, 5.74) is -0.426.